The van der Waals surface area contributed by atoms with Crippen molar-refractivity contribution in [3.63, 3.8) is 0 Å². The Morgan fingerprint density at radius 1 is 1.30 bits per heavy atom. The van der Waals surface area contributed by atoms with E-state index in [0.717, 1.165) is 36.8 Å². The highest BCUT2D eigenvalue weighted by molar-refractivity contribution is 9.10. The monoisotopic (exact) mass is 398 g/mol. The largest absolute Gasteiger partial charge is 0.417 e. The van der Waals surface area contributed by atoms with E-state index in [1.54, 1.807) is 0 Å². The molecule has 0 saturated heterocycles. The van der Waals surface area contributed by atoms with Crippen molar-refractivity contribution in [1.29, 1.82) is 0 Å². The van der Waals surface area contributed by atoms with E-state index in [0.29, 0.717) is 0 Å². The predicted molar refractivity (Wildman–Crippen MR) is 104 cm³/mol. The first-order valence-electron chi connectivity index (χ1n) is 8.73. The second-order valence-corrected chi connectivity index (χ2v) is 13.9. The van der Waals surface area contributed by atoms with E-state index in [-0.39, 0.29) is 17.1 Å². The van der Waals surface area contributed by atoms with E-state index in [2.05, 4.69) is 68.0 Å². The lowest BCUT2D eigenvalue weighted by Gasteiger charge is -2.36. The summed E-state index contributed by atoms with van der Waals surface area (Å²) in [5.74, 6) is 0.234. The minimum absolute atomic E-state index is 0.228. The molecular formula is C19H31BrO2Si. The topological polar surface area (TPSA) is 29.5 Å². The van der Waals surface area contributed by atoms with Crippen molar-refractivity contribution in [3.8, 4) is 0 Å². The molecule has 1 aromatic rings. The number of rotatable bonds is 5. The molecule has 1 aliphatic carbocycles. The molecule has 2 rings (SSSR count). The Kier molecular flexibility index (Phi) is 6.15. The van der Waals surface area contributed by atoms with Gasteiger partial charge in [0.05, 0.1) is 6.10 Å². The summed E-state index contributed by atoms with van der Waals surface area (Å²) in [7, 11) is -1.66. The fourth-order valence-corrected chi connectivity index (χ4v) is 4.88. The van der Waals surface area contributed by atoms with Crippen molar-refractivity contribution in [1.82, 2.24) is 0 Å². The molecule has 0 bridgehead atoms. The molecule has 23 heavy (non-hydrogen) atoms. The van der Waals surface area contributed by atoms with Crippen LogP contribution in [0.15, 0.2) is 22.7 Å². The highest BCUT2D eigenvalue weighted by Crippen LogP contribution is 2.40. The first-order valence-corrected chi connectivity index (χ1v) is 12.4. The third kappa shape index (κ3) is 4.47. The Morgan fingerprint density at radius 3 is 2.65 bits per heavy atom. The lowest BCUT2D eigenvalue weighted by Crippen LogP contribution is -2.41. The number of benzene rings is 1. The number of aliphatic hydroxyl groups is 1. The molecule has 0 radical (unpaired) electrons. The molecule has 0 fully saturated rings. The average Bonchev–Trinajstić information content (AvgIpc) is 2.44. The van der Waals surface area contributed by atoms with Gasteiger partial charge in [-0.15, -0.1) is 0 Å². The molecule has 1 N–H and O–H groups in total. The van der Waals surface area contributed by atoms with Crippen molar-refractivity contribution in [2.45, 2.75) is 76.6 Å². The van der Waals surface area contributed by atoms with Gasteiger partial charge in [-0.05, 0) is 61.0 Å². The number of halogens is 1. The predicted octanol–water partition coefficient (Wildman–Crippen LogP) is 5.64. The van der Waals surface area contributed by atoms with Crippen LogP contribution in [0.1, 0.15) is 57.1 Å². The molecule has 1 aliphatic rings. The summed E-state index contributed by atoms with van der Waals surface area (Å²) in [6, 6.07) is 6.39. The van der Waals surface area contributed by atoms with E-state index in [4.69, 9.17) is 4.43 Å². The third-order valence-corrected chi connectivity index (χ3v) is 10.8. The zero-order valence-electron chi connectivity index (χ0n) is 15.2. The van der Waals surface area contributed by atoms with Gasteiger partial charge in [-0.25, -0.2) is 0 Å². The molecule has 0 heterocycles. The maximum atomic E-state index is 10.5. The molecule has 2 nitrogen and oxygen atoms in total. The summed E-state index contributed by atoms with van der Waals surface area (Å²) < 4.78 is 7.43. The van der Waals surface area contributed by atoms with Gasteiger partial charge in [-0.2, -0.15) is 0 Å². The van der Waals surface area contributed by atoms with Crippen LogP contribution in [-0.2, 0) is 10.8 Å². The van der Waals surface area contributed by atoms with Gasteiger partial charge in [0.1, 0.15) is 0 Å². The zero-order valence-corrected chi connectivity index (χ0v) is 17.7. The highest BCUT2D eigenvalue weighted by Gasteiger charge is 2.37. The van der Waals surface area contributed by atoms with Gasteiger partial charge < -0.3 is 9.53 Å². The van der Waals surface area contributed by atoms with E-state index >= 15 is 0 Å². The van der Waals surface area contributed by atoms with Crippen LogP contribution in [0, 0.1) is 0 Å². The lowest BCUT2D eigenvalue weighted by atomic mass is 9.78. The van der Waals surface area contributed by atoms with Gasteiger partial charge in [-0.1, -0.05) is 48.8 Å². The maximum absolute atomic E-state index is 10.5. The van der Waals surface area contributed by atoms with Crippen LogP contribution in [-0.4, -0.2) is 26.1 Å². The molecule has 2 unspecified atom stereocenters. The van der Waals surface area contributed by atoms with Gasteiger partial charge in [0.2, 0.25) is 0 Å². The molecular weight excluding hydrogens is 368 g/mol. The maximum Gasteiger partial charge on any atom is 0.191 e. The molecule has 0 spiro atoms. The fraction of sp³-hybridized carbons (Fsp3) is 0.684. The summed E-state index contributed by atoms with van der Waals surface area (Å²) >= 11 is 3.68. The van der Waals surface area contributed by atoms with Crippen molar-refractivity contribution >= 4 is 24.2 Å². The SMILES string of the molecule is CC(C)(C)[Si](C)(C)OCCCC1c2c(Br)cccc2CCC1O. The van der Waals surface area contributed by atoms with Gasteiger partial charge in [0.25, 0.3) is 0 Å². The van der Waals surface area contributed by atoms with E-state index < -0.39 is 8.32 Å². The van der Waals surface area contributed by atoms with Crippen LogP contribution >= 0.6 is 15.9 Å². The Hall–Kier alpha value is -0.163. The van der Waals surface area contributed by atoms with Crippen LogP contribution in [0.5, 0.6) is 0 Å². The quantitative estimate of drug-likeness (QED) is 0.513. The Morgan fingerprint density at radius 2 is 2.00 bits per heavy atom. The Balaban J connectivity index is 1.97. The summed E-state index contributed by atoms with van der Waals surface area (Å²) in [4.78, 5) is 0. The summed E-state index contributed by atoms with van der Waals surface area (Å²) in [5.41, 5.74) is 2.71. The minimum Gasteiger partial charge on any atom is -0.417 e. The normalized spacial score (nSPS) is 22.0. The van der Waals surface area contributed by atoms with Crippen molar-refractivity contribution < 1.29 is 9.53 Å². The van der Waals surface area contributed by atoms with Gasteiger partial charge in [-0.3, -0.25) is 0 Å². The average molecular weight is 399 g/mol. The number of hydrogen-bond donors (Lipinski definition) is 1. The molecule has 4 heteroatoms. The van der Waals surface area contributed by atoms with Crippen LogP contribution in [0.2, 0.25) is 18.1 Å². The first kappa shape index (κ1) is 19.2. The van der Waals surface area contributed by atoms with Crippen LogP contribution in [0.25, 0.3) is 0 Å². The van der Waals surface area contributed by atoms with Gasteiger partial charge in [0.15, 0.2) is 8.32 Å². The van der Waals surface area contributed by atoms with E-state index in [1.165, 1.54) is 11.1 Å². The molecule has 0 amide bonds. The van der Waals surface area contributed by atoms with Crippen LogP contribution in [0.4, 0.5) is 0 Å². The molecule has 0 aliphatic heterocycles. The smallest absolute Gasteiger partial charge is 0.191 e. The van der Waals surface area contributed by atoms with Gasteiger partial charge in [0, 0.05) is 17.0 Å². The van der Waals surface area contributed by atoms with Crippen molar-refractivity contribution in [2.75, 3.05) is 6.61 Å². The Labute approximate surface area is 150 Å². The zero-order chi connectivity index (χ0) is 17.3. The summed E-state index contributed by atoms with van der Waals surface area (Å²) in [6.45, 7) is 12.2. The van der Waals surface area contributed by atoms with Crippen molar-refractivity contribution in [2.24, 2.45) is 0 Å². The number of aryl methyl sites for hydroxylation is 1. The van der Waals surface area contributed by atoms with Gasteiger partial charge >= 0.3 is 0 Å². The second-order valence-electron chi connectivity index (χ2n) is 8.28. The Bertz CT molecular complexity index is 537. The van der Waals surface area contributed by atoms with E-state index in [9.17, 15) is 5.11 Å². The molecule has 2 atom stereocenters. The highest BCUT2D eigenvalue weighted by atomic mass is 79.9. The minimum atomic E-state index is -1.66. The number of aliphatic hydroxyl groups excluding tert-OH is 1. The standard InChI is InChI=1S/C19H31BrO2Si/c1-19(2,3)23(4,5)22-13-7-9-15-17(21)12-11-14-8-6-10-16(20)18(14)15/h6,8,10,15,17,21H,7,9,11-13H2,1-5H3. The lowest BCUT2D eigenvalue weighted by molar-refractivity contribution is 0.117. The fourth-order valence-electron chi connectivity index (χ4n) is 3.10. The molecule has 0 saturated carbocycles. The summed E-state index contributed by atoms with van der Waals surface area (Å²) in [5, 5.41) is 10.7. The first-order chi connectivity index (χ1) is 10.6. The molecule has 0 aromatic heterocycles. The van der Waals surface area contributed by atoms with Crippen molar-refractivity contribution in [3.05, 3.63) is 33.8 Å². The summed E-state index contributed by atoms with van der Waals surface area (Å²) in [6.07, 6.45) is 3.62. The van der Waals surface area contributed by atoms with E-state index in [1.807, 2.05) is 0 Å². The number of hydrogen-bond acceptors (Lipinski definition) is 2. The number of fused-ring (bicyclic) bond motifs is 1. The molecule has 130 valence electrons. The third-order valence-electron chi connectivity index (χ3n) is 5.62. The second kappa shape index (κ2) is 7.38. The molecule has 1 aromatic carbocycles. The van der Waals surface area contributed by atoms with Crippen LogP contribution < -0.4 is 0 Å². The van der Waals surface area contributed by atoms with Crippen LogP contribution in [0.3, 0.4) is 0 Å².